The standard InChI is InChI=1S/C8H11BrN2O2S/c1-7-3-2-4-8(11-7)5-10-14(12,13)6-9/h2-4,10H,5-6H2,1H3. The number of hydrogen-bond donors (Lipinski definition) is 1. The number of halogens is 1. The van der Waals surface area contributed by atoms with E-state index in [-0.39, 0.29) is 11.2 Å². The third-order valence-electron chi connectivity index (χ3n) is 1.56. The molecule has 4 nitrogen and oxygen atoms in total. The monoisotopic (exact) mass is 278 g/mol. The first-order valence-electron chi connectivity index (χ1n) is 3.99. The van der Waals surface area contributed by atoms with E-state index in [4.69, 9.17) is 0 Å². The normalized spacial score (nSPS) is 11.6. The molecular formula is C8H11BrN2O2S. The number of nitrogens with one attached hydrogen (secondary N) is 1. The van der Waals surface area contributed by atoms with Gasteiger partial charge in [-0.15, -0.1) is 0 Å². The topological polar surface area (TPSA) is 59.1 Å². The molecule has 0 amide bonds. The van der Waals surface area contributed by atoms with Crippen molar-refractivity contribution in [1.29, 1.82) is 0 Å². The second-order valence-electron chi connectivity index (χ2n) is 2.82. The number of nitrogens with zero attached hydrogens (tertiary/aromatic N) is 1. The number of alkyl halides is 1. The lowest BCUT2D eigenvalue weighted by atomic mass is 10.3. The fraction of sp³-hybridized carbons (Fsp3) is 0.375. The van der Waals surface area contributed by atoms with Gasteiger partial charge in [0.25, 0.3) is 0 Å². The molecule has 0 unspecified atom stereocenters. The minimum Gasteiger partial charge on any atom is -0.257 e. The summed E-state index contributed by atoms with van der Waals surface area (Å²) in [5.41, 5.74) is 1.59. The van der Waals surface area contributed by atoms with Gasteiger partial charge in [0.15, 0.2) is 0 Å². The van der Waals surface area contributed by atoms with Crippen LogP contribution < -0.4 is 4.72 Å². The average molecular weight is 279 g/mol. The highest BCUT2D eigenvalue weighted by molar-refractivity contribution is 9.10. The minimum atomic E-state index is -3.20. The van der Waals surface area contributed by atoms with Crippen molar-refractivity contribution in [1.82, 2.24) is 9.71 Å². The highest BCUT2D eigenvalue weighted by Gasteiger charge is 2.06. The molecule has 0 fully saturated rings. The lowest BCUT2D eigenvalue weighted by Crippen LogP contribution is -2.24. The van der Waals surface area contributed by atoms with Crippen LogP contribution in [0.4, 0.5) is 0 Å². The van der Waals surface area contributed by atoms with Crippen LogP contribution in [-0.2, 0) is 16.6 Å². The van der Waals surface area contributed by atoms with E-state index in [1.54, 1.807) is 6.07 Å². The van der Waals surface area contributed by atoms with E-state index in [1.165, 1.54) is 0 Å². The predicted molar refractivity (Wildman–Crippen MR) is 58.5 cm³/mol. The lowest BCUT2D eigenvalue weighted by Gasteiger charge is -2.03. The molecule has 0 saturated heterocycles. The molecule has 0 aliphatic rings. The zero-order valence-electron chi connectivity index (χ0n) is 7.70. The van der Waals surface area contributed by atoms with Crippen molar-refractivity contribution in [2.45, 2.75) is 13.5 Å². The Balaban J connectivity index is 2.63. The van der Waals surface area contributed by atoms with Gasteiger partial charge in [-0.05, 0) is 19.1 Å². The second kappa shape index (κ2) is 4.86. The zero-order chi connectivity index (χ0) is 10.6. The van der Waals surface area contributed by atoms with Crippen LogP contribution in [0.15, 0.2) is 18.2 Å². The van der Waals surface area contributed by atoms with Crippen molar-refractivity contribution < 1.29 is 8.42 Å². The van der Waals surface area contributed by atoms with Gasteiger partial charge in [-0.2, -0.15) is 0 Å². The molecule has 0 saturated carbocycles. The van der Waals surface area contributed by atoms with Crippen LogP contribution >= 0.6 is 15.9 Å². The molecule has 0 radical (unpaired) electrons. The Morgan fingerprint density at radius 3 is 2.79 bits per heavy atom. The van der Waals surface area contributed by atoms with Crippen LogP contribution in [0.2, 0.25) is 0 Å². The second-order valence-corrected chi connectivity index (χ2v) is 5.93. The van der Waals surface area contributed by atoms with Gasteiger partial charge in [-0.1, -0.05) is 22.0 Å². The van der Waals surface area contributed by atoms with Crippen LogP contribution in [0, 0.1) is 6.92 Å². The first kappa shape index (κ1) is 11.6. The molecule has 6 heteroatoms. The maximum atomic E-state index is 11.1. The van der Waals surface area contributed by atoms with Crippen LogP contribution in [0.5, 0.6) is 0 Å². The molecule has 1 heterocycles. The third kappa shape index (κ3) is 3.73. The molecule has 14 heavy (non-hydrogen) atoms. The summed E-state index contributed by atoms with van der Waals surface area (Å²) in [7, 11) is -3.20. The van der Waals surface area contributed by atoms with Crippen LogP contribution in [-0.4, -0.2) is 18.1 Å². The fourth-order valence-corrected chi connectivity index (χ4v) is 1.85. The molecule has 0 spiro atoms. The van der Waals surface area contributed by atoms with E-state index in [0.29, 0.717) is 0 Å². The average Bonchev–Trinajstić information content (AvgIpc) is 2.15. The maximum Gasteiger partial charge on any atom is 0.221 e. The lowest BCUT2D eigenvalue weighted by molar-refractivity contribution is 0.585. The zero-order valence-corrected chi connectivity index (χ0v) is 10.1. The van der Waals surface area contributed by atoms with Gasteiger partial charge < -0.3 is 0 Å². The van der Waals surface area contributed by atoms with Crippen molar-refractivity contribution in [2.75, 3.05) is 4.66 Å². The summed E-state index contributed by atoms with van der Waals surface area (Å²) >= 11 is 2.89. The van der Waals surface area contributed by atoms with Crippen molar-refractivity contribution in [3.8, 4) is 0 Å². The van der Waals surface area contributed by atoms with Gasteiger partial charge in [-0.3, -0.25) is 4.98 Å². The molecule has 1 aromatic rings. The van der Waals surface area contributed by atoms with Gasteiger partial charge in [0.05, 0.1) is 12.2 Å². The van der Waals surface area contributed by atoms with Gasteiger partial charge in [0.2, 0.25) is 10.0 Å². The van der Waals surface area contributed by atoms with Gasteiger partial charge in [0, 0.05) is 5.69 Å². The first-order chi connectivity index (χ1) is 6.53. The molecular weight excluding hydrogens is 268 g/mol. The van der Waals surface area contributed by atoms with Crippen molar-refractivity contribution in [3.05, 3.63) is 29.6 Å². The number of aryl methyl sites for hydroxylation is 1. The van der Waals surface area contributed by atoms with E-state index in [0.717, 1.165) is 11.4 Å². The Morgan fingerprint density at radius 1 is 1.50 bits per heavy atom. The summed E-state index contributed by atoms with van der Waals surface area (Å²) in [6.07, 6.45) is 0. The summed E-state index contributed by atoms with van der Waals surface area (Å²) in [4.78, 5) is 4.17. The van der Waals surface area contributed by atoms with Crippen LogP contribution in [0.25, 0.3) is 0 Å². The SMILES string of the molecule is Cc1cccc(CNS(=O)(=O)CBr)n1. The molecule has 0 aromatic carbocycles. The van der Waals surface area contributed by atoms with Crippen molar-refractivity contribution in [3.63, 3.8) is 0 Å². The Labute approximate surface area is 91.9 Å². The summed E-state index contributed by atoms with van der Waals surface area (Å²) in [5, 5.41) is 0. The fourth-order valence-electron chi connectivity index (χ4n) is 0.920. The van der Waals surface area contributed by atoms with E-state index < -0.39 is 10.0 Å². The van der Waals surface area contributed by atoms with E-state index in [9.17, 15) is 8.42 Å². The molecule has 0 atom stereocenters. The third-order valence-corrected chi connectivity index (χ3v) is 4.24. The molecule has 0 aliphatic carbocycles. The number of hydrogen-bond acceptors (Lipinski definition) is 3. The van der Waals surface area contributed by atoms with Gasteiger partial charge >= 0.3 is 0 Å². The largest absolute Gasteiger partial charge is 0.257 e. The summed E-state index contributed by atoms with van der Waals surface area (Å²) in [5.74, 6) is 0. The first-order valence-corrected chi connectivity index (χ1v) is 6.77. The highest BCUT2D eigenvalue weighted by Crippen LogP contribution is 1.99. The highest BCUT2D eigenvalue weighted by atomic mass is 79.9. The number of aromatic nitrogens is 1. The van der Waals surface area contributed by atoms with E-state index >= 15 is 0 Å². The summed E-state index contributed by atoms with van der Waals surface area (Å²) < 4.78 is 24.5. The molecule has 1 N–H and O–H groups in total. The van der Waals surface area contributed by atoms with Crippen LogP contribution in [0.3, 0.4) is 0 Å². The Hall–Kier alpha value is -0.460. The van der Waals surface area contributed by atoms with Crippen molar-refractivity contribution >= 4 is 26.0 Å². The summed E-state index contributed by atoms with van der Waals surface area (Å²) in [6.45, 7) is 2.10. The molecule has 78 valence electrons. The number of pyridine rings is 1. The smallest absolute Gasteiger partial charge is 0.221 e. The Morgan fingerprint density at radius 2 is 2.21 bits per heavy atom. The van der Waals surface area contributed by atoms with Crippen molar-refractivity contribution in [2.24, 2.45) is 0 Å². The van der Waals surface area contributed by atoms with E-state index in [1.807, 2.05) is 19.1 Å². The number of sulfonamides is 1. The Kier molecular flexibility index (Phi) is 4.03. The van der Waals surface area contributed by atoms with Gasteiger partial charge in [0.1, 0.15) is 4.66 Å². The molecule has 1 aromatic heterocycles. The number of rotatable bonds is 4. The van der Waals surface area contributed by atoms with Crippen LogP contribution in [0.1, 0.15) is 11.4 Å². The quantitative estimate of drug-likeness (QED) is 0.841. The van der Waals surface area contributed by atoms with E-state index in [2.05, 4.69) is 25.6 Å². The molecule has 0 aliphatic heterocycles. The van der Waals surface area contributed by atoms with Gasteiger partial charge in [-0.25, -0.2) is 13.1 Å². The Bertz CT molecular complexity index is 406. The molecule has 1 rings (SSSR count). The predicted octanol–water partition coefficient (Wildman–Crippen LogP) is 1.16. The minimum absolute atomic E-state index is 0.0915. The maximum absolute atomic E-state index is 11.1. The molecule has 0 bridgehead atoms. The summed E-state index contributed by atoms with van der Waals surface area (Å²) in [6, 6.07) is 5.49.